The average molecular weight is 431 g/mol. The van der Waals surface area contributed by atoms with E-state index in [-0.39, 0.29) is 17.2 Å². The van der Waals surface area contributed by atoms with Crippen LogP contribution in [0.5, 0.6) is 11.5 Å². The Hall–Kier alpha value is -3.91. The zero-order valence-electron chi connectivity index (χ0n) is 17.6. The van der Waals surface area contributed by atoms with Crippen LogP contribution in [0, 0.1) is 0 Å². The summed E-state index contributed by atoms with van der Waals surface area (Å²) in [5, 5.41) is 12.1. The number of hydrogen-bond acceptors (Lipinski definition) is 6. The molecule has 2 aromatic carbocycles. The molecular weight excluding hydrogens is 410 g/mol. The summed E-state index contributed by atoms with van der Waals surface area (Å²) in [5.41, 5.74) is 3.22. The monoisotopic (exact) mass is 431 g/mol. The summed E-state index contributed by atoms with van der Waals surface area (Å²) in [6.45, 7) is 0. The van der Waals surface area contributed by atoms with Crippen molar-refractivity contribution in [3.63, 3.8) is 0 Å². The standard InChI is InChI=1S/C24H21N3O5/c1-31-21-10-17-19(11-22(21)32-2)27(13-28)24(30)20-9-16(12-26(20)23(17)29)14-5-6-18-15(8-14)4-3-7-25-18/h3-8,10-13,20,24,30H,9H2,1-2H3/t20-,24-/m0/s1. The van der Waals surface area contributed by atoms with Gasteiger partial charge in [0.1, 0.15) is 0 Å². The van der Waals surface area contributed by atoms with Gasteiger partial charge < -0.3 is 19.5 Å². The Balaban J connectivity index is 1.61. The van der Waals surface area contributed by atoms with Gasteiger partial charge in [-0.3, -0.25) is 19.5 Å². The van der Waals surface area contributed by atoms with E-state index < -0.39 is 12.3 Å². The van der Waals surface area contributed by atoms with E-state index in [0.29, 0.717) is 24.3 Å². The number of anilines is 1. The van der Waals surface area contributed by atoms with Gasteiger partial charge in [-0.25, -0.2) is 0 Å². The highest BCUT2D eigenvalue weighted by molar-refractivity contribution is 6.05. The van der Waals surface area contributed by atoms with E-state index in [0.717, 1.165) is 22.0 Å². The topological polar surface area (TPSA) is 92.2 Å². The summed E-state index contributed by atoms with van der Waals surface area (Å²) in [7, 11) is 2.94. The van der Waals surface area contributed by atoms with Crippen LogP contribution in [0.4, 0.5) is 5.69 Å². The number of carbonyl (C=O) groups excluding carboxylic acids is 2. The van der Waals surface area contributed by atoms with Crippen LogP contribution in [-0.2, 0) is 4.79 Å². The molecule has 2 amide bonds. The van der Waals surface area contributed by atoms with Crippen LogP contribution < -0.4 is 14.4 Å². The summed E-state index contributed by atoms with van der Waals surface area (Å²) >= 11 is 0. The van der Waals surface area contributed by atoms with E-state index in [2.05, 4.69) is 4.98 Å². The molecule has 3 aromatic rings. The largest absolute Gasteiger partial charge is 0.493 e. The van der Waals surface area contributed by atoms with Crippen molar-refractivity contribution < 1.29 is 24.2 Å². The third kappa shape index (κ3) is 2.99. The summed E-state index contributed by atoms with van der Waals surface area (Å²) < 4.78 is 10.7. The lowest BCUT2D eigenvalue weighted by atomic mass is 10.00. The Morgan fingerprint density at radius 2 is 1.91 bits per heavy atom. The van der Waals surface area contributed by atoms with Crippen LogP contribution in [0.2, 0.25) is 0 Å². The number of amides is 2. The van der Waals surface area contributed by atoms with Crippen molar-refractivity contribution in [3.05, 3.63) is 66.0 Å². The van der Waals surface area contributed by atoms with Gasteiger partial charge in [0.15, 0.2) is 17.7 Å². The first-order chi connectivity index (χ1) is 15.5. The fraction of sp³-hybridized carbons (Fsp3) is 0.208. The molecule has 8 nitrogen and oxygen atoms in total. The lowest BCUT2D eigenvalue weighted by Crippen LogP contribution is -2.47. The number of nitrogens with zero attached hydrogens (tertiary/aromatic N) is 3. The van der Waals surface area contributed by atoms with Gasteiger partial charge in [-0.05, 0) is 41.8 Å². The van der Waals surface area contributed by atoms with Crippen LogP contribution in [0.15, 0.2) is 54.9 Å². The number of aliphatic hydroxyl groups is 1. The van der Waals surface area contributed by atoms with Gasteiger partial charge in [-0.1, -0.05) is 12.1 Å². The molecule has 2 aliphatic rings. The van der Waals surface area contributed by atoms with E-state index in [9.17, 15) is 14.7 Å². The maximum absolute atomic E-state index is 13.5. The van der Waals surface area contributed by atoms with Gasteiger partial charge in [-0.2, -0.15) is 0 Å². The van der Waals surface area contributed by atoms with Crippen molar-refractivity contribution in [1.29, 1.82) is 0 Å². The van der Waals surface area contributed by atoms with E-state index >= 15 is 0 Å². The van der Waals surface area contributed by atoms with E-state index in [4.69, 9.17) is 9.47 Å². The number of fused-ring (bicyclic) bond motifs is 3. The second kappa shape index (κ2) is 7.65. The Bertz CT molecular complexity index is 1270. The Labute approximate surface area is 184 Å². The number of ether oxygens (including phenoxy) is 2. The van der Waals surface area contributed by atoms with Gasteiger partial charge in [0.25, 0.3) is 5.91 Å². The number of aliphatic hydroxyl groups excluding tert-OH is 1. The van der Waals surface area contributed by atoms with Gasteiger partial charge >= 0.3 is 0 Å². The number of hydrogen-bond donors (Lipinski definition) is 1. The maximum atomic E-state index is 13.5. The van der Waals surface area contributed by atoms with Gasteiger partial charge in [0, 0.05) is 23.8 Å². The minimum absolute atomic E-state index is 0.247. The van der Waals surface area contributed by atoms with E-state index in [1.54, 1.807) is 12.4 Å². The molecule has 1 N–H and O–H groups in total. The predicted octanol–water partition coefficient (Wildman–Crippen LogP) is 2.80. The predicted molar refractivity (Wildman–Crippen MR) is 118 cm³/mol. The molecule has 162 valence electrons. The van der Waals surface area contributed by atoms with E-state index in [1.165, 1.54) is 36.2 Å². The molecule has 3 heterocycles. The lowest BCUT2D eigenvalue weighted by Gasteiger charge is -2.29. The Morgan fingerprint density at radius 1 is 1.12 bits per heavy atom. The van der Waals surface area contributed by atoms with Crippen molar-refractivity contribution in [2.45, 2.75) is 18.7 Å². The molecule has 8 heteroatoms. The molecule has 0 unspecified atom stereocenters. The van der Waals surface area contributed by atoms with Crippen molar-refractivity contribution in [2.24, 2.45) is 0 Å². The normalized spacial score (nSPS) is 19.8. The summed E-state index contributed by atoms with van der Waals surface area (Å²) in [4.78, 5) is 32.5. The number of benzene rings is 2. The lowest BCUT2D eigenvalue weighted by molar-refractivity contribution is -0.109. The average Bonchev–Trinajstić information content (AvgIpc) is 3.26. The summed E-state index contributed by atoms with van der Waals surface area (Å²) in [6.07, 6.45) is 3.19. The van der Waals surface area contributed by atoms with Crippen LogP contribution in [0.1, 0.15) is 22.3 Å². The highest BCUT2D eigenvalue weighted by atomic mass is 16.5. The van der Waals surface area contributed by atoms with Gasteiger partial charge in [0.05, 0.1) is 37.0 Å². The number of methoxy groups -OCH3 is 2. The number of carbonyl (C=O) groups is 2. The molecule has 0 fully saturated rings. The molecule has 2 atom stereocenters. The molecule has 0 bridgehead atoms. The van der Waals surface area contributed by atoms with Crippen LogP contribution >= 0.6 is 0 Å². The number of pyridine rings is 1. The van der Waals surface area contributed by atoms with Crippen molar-refractivity contribution in [2.75, 3.05) is 19.1 Å². The minimum atomic E-state index is -1.23. The first-order valence-corrected chi connectivity index (χ1v) is 10.1. The highest BCUT2D eigenvalue weighted by Crippen LogP contribution is 2.42. The molecule has 1 aromatic heterocycles. The fourth-order valence-electron chi connectivity index (χ4n) is 4.41. The second-order valence-corrected chi connectivity index (χ2v) is 7.70. The molecule has 0 aliphatic carbocycles. The Kier molecular flexibility index (Phi) is 4.79. The molecule has 5 rings (SSSR count). The highest BCUT2D eigenvalue weighted by Gasteiger charge is 2.43. The van der Waals surface area contributed by atoms with Crippen molar-refractivity contribution in [1.82, 2.24) is 9.88 Å². The SMILES string of the molecule is COc1cc2c(cc1OC)N(C=O)[C@@H](O)[C@@H]1CC(c3ccc4ncccc4c3)=CN1C2=O. The van der Waals surface area contributed by atoms with Gasteiger partial charge in [-0.15, -0.1) is 0 Å². The van der Waals surface area contributed by atoms with E-state index in [1.807, 2.05) is 30.3 Å². The van der Waals surface area contributed by atoms with Gasteiger partial charge in [0.2, 0.25) is 6.41 Å². The molecule has 0 radical (unpaired) electrons. The third-order valence-electron chi connectivity index (χ3n) is 6.04. The molecular formula is C24H21N3O5. The molecule has 0 spiro atoms. The van der Waals surface area contributed by atoms with Crippen LogP contribution in [0.25, 0.3) is 16.5 Å². The minimum Gasteiger partial charge on any atom is -0.493 e. The summed E-state index contributed by atoms with van der Waals surface area (Å²) in [5.74, 6) is 0.400. The number of aromatic nitrogens is 1. The molecule has 0 saturated carbocycles. The molecule has 0 saturated heterocycles. The van der Waals surface area contributed by atoms with Crippen LogP contribution in [0.3, 0.4) is 0 Å². The van der Waals surface area contributed by atoms with Crippen molar-refractivity contribution >= 4 is 34.5 Å². The number of rotatable bonds is 4. The van der Waals surface area contributed by atoms with Crippen molar-refractivity contribution in [3.8, 4) is 11.5 Å². The smallest absolute Gasteiger partial charge is 0.260 e. The molecule has 32 heavy (non-hydrogen) atoms. The van der Waals surface area contributed by atoms with Crippen LogP contribution in [-0.4, -0.2) is 53.8 Å². The summed E-state index contributed by atoms with van der Waals surface area (Å²) in [6, 6.07) is 12.2. The first-order valence-electron chi connectivity index (χ1n) is 10.1. The quantitative estimate of drug-likeness (QED) is 0.639. The zero-order chi connectivity index (χ0) is 22.4. The zero-order valence-corrected chi connectivity index (χ0v) is 17.6. The maximum Gasteiger partial charge on any atom is 0.260 e. The Morgan fingerprint density at radius 3 is 2.66 bits per heavy atom. The molecule has 2 aliphatic heterocycles. The first kappa shape index (κ1) is 20.0. The fourth-order valence-corrected chi connectivity index (χ4v) is 4.41. The second-order valence-electron chi connectivity index (χ2n) is 7.70. The third-order valence-corrected chi connectivity index (χ3v) is 6.04.